The molecule has 1 N–H and O–H groups in total. The second-order valence-electron chi connectivity index (χ2n) is 6.36. The highest BCUT2D eigenvalue weighted by molar-refractivity contribution is 6.04. The van der Waals surface area contributed by atoms with E-state index in [1.807, 2.05) is 24.3 Å². The predicted octanol–water partition coefficient (Wildman–Crippen LogP) is 4.03. The van der Waals surface area contributed by atoms with E-state index in [9.17, 15) is 4.79 Å². The molecule has 2 aromatic rings. The first-order valence-corrected chi connectivity index (χ1v) is 8.76. The number of hydrogen-bond donors (Lipinski definition) is 1. The van der Waals surface area contributed by atoms with E-state index in [2.05, 4.69) is 5.32 Å². The summed E-state index contributed by atoms with van der Waals surface area (Å²) in [5, 5.41) is 2.89. The van der Waals surface area contributed by atoms with E-state index >= 15 is 0 Å². The quantitative estimate of drug-likeness (QED) is 0.914. The van der Waals surface area contributed by atoms with Crippen molar-refractivity contribution in [2.24, 2.45) is 0 Å². The van der Waals surface area contributed by atoms with Crippen molar-refractivity contribution < 1.29 is 19.0 Å². The van der Waals surface area contributed by atoms with Gasteiger partial charge in [-0.1, -0.05) is 0 Å². The fourth-order valence-electron chi connectivity index (χ4n) is 3.21. The maximum absolute atomic E-state index is 12.4. The third-order valence-electron chi connectivity index (χ3n) is 4.52. The first-order chi connectivity index (χ1) is 12.3. The second-order valence-corrected chi connectivity index (χ2v) is 6.36. The van der Waals surface area contributed by atoms with Gasteiger partial charge in [-0.15, -0.1) is 0 Å². The number of hydrogen-bond acceptors (Lipinski definition) is 4. The molecule has 5 heteroatoms. The molecule has 1 saturated carbocycles. The summed E-state index contributed by atoms with van der Waals surface area (Å²) in [5.41, 5.74) is 1.27. The summed E-state index contributed by atoms with van der Waals surface area (Å²) in [6.07, 6.45) is 5.03. The number of nitrogens with one attached hydrogen (secondary N) is 1. The number of ether oxygens (including phenoxy) is 3. The monoisotopic (exact) mass is 339 g/mol. The van der Waals surface area contributed by atoms with E-state index in [0.29, 0.717) is 42.1 Å². The van der Waals surface area contributed by atoms with Crippen LogP contribution in [0, 0.1) is 0 Å². The summed E-state index contributed by atoms with van der Waals surface area (Å²) in [4.78, 5) is 12.4. The maximum atomic E-state index is 12.4. The van der Waals surface area contributed by atoms with Gasteiger partial charge in [-0.05, 0) is 62.1 Å². The molecule has 130 valence electrons. The van der Waals surface area contributed by atoms with Crippen LogP contribution in [0.3, 0.4) is 0 Å². The summed E-state index contributed by atoms with van der Waals surface area (Å²) in [7, 11) is 0. The van der Waals surface area contributed by atoms with Crippen LogP contribution in [-0.4, -0.2) is 25.2 Å². The molecule has 0 aromatic heterocycles. The third-order valence-corrected chi connectivity index (χ3v) is 4.52. The van der Waals surface area contributed by atoms with Gasteiger partial charge in [-0.2, -0.15) is 0 Å². The fraction of sp³-hybridized carbons (Fsp3) is 0.350. The molecule has 1 heterocycles. The lowest BCUT2D eigenvalue weighted by Crippen LogP contribution is -2.16. The summed E-state index contributed by atoms with van der Waals surface area (Å²) < 4.78 is 17.0. The van der Waals surface area contributed by atoms with Crippen molar-refractivity contribution in [2.75, 3.05) is 18.5 Å². The number of fused-ring (bicyclic) bond motifs is 1. The summed E-state index contributed by atoms with van der Waals surface area (Å²) in [5.74, 6) is 2.02. The first-order valence-electron chi connectivity index (χ1n) is 8.76. The van der Waals surface area contributed by atoms with Gasteiger partial charge in [0.2, 0.25) is 0 Å². The van der Waals surface area contributed by atoms with Gasteiger partial charge < -0.3 is 19.5 Å². The minimum atomic E-state index is -0.163. The smallest absolute Gasteiger partial charge is 0.255 e. The maximum Gasteiger partial charge on any atom is 0.255 e. The van der Waals surface area contributed by atoms with Crippen molar-refractivity contribution in [1.82, 2.24) is 0 Å². The van der Waals surface area contributed by atoms with Crippen LogP contribution in [-0.2, 0) is 0 Å². The summed E-state index contributed by atoms with van der Waals surface area (Å²) in [6, 6.07) is 12.7. The zero-order valence-electron chi connectivity index (χ0n) is 14.0. The van der Waals surface area contributed by atoms with Gasteiger partial charge in [-0.3, -0.25) is 4.79 Å². The predicted molar refractivity (Wildman–Crippen MR) is 94.7 cm³/mol. The van der Waals surface area contributed by atoms with E-state index in [-0.39, 0.29) is 5.91 Å². The van der Waals surface area contributed by atoms with Gasteiger partial charge in [0.05, 0.1) is 6.10 Å². The molecular formula is C20H21NO4. The molecule has 2 aliphatic rings. The molecule has 1 aliphatic carbocycles. The van der Waals surface area contributed by atoms with Crippen LogP contribution in [0.2, 0.25) is 0 Å². The van der Waals surface area contributed by atoms with Crippen molar-refractivity contribution in [2.45, 2.75) is 31.8 Å². The zero-order chi connectivity index (χ0) is 17.1. The van der Waals surface area contributed by atoms with Gasteiger partial charge >= 0.3 is 0 Å². The van der Waals surface area contributed by atoms with Crippen LogP contribution in [0.4, 0.5) is 5.69 Å². The zero-order valence-corrected chi connectivity index (χ0v) is 14.0. The van der Waals surface area contributed by atoms with Crippen molar-refractivity contribution in [3.05, 3.63) is 48.0 Å². The van der Waals surface area contributed by atoms with Crippen LogP contribution in [0.25, 0.3) is 0 Å². The Labute approximate surface area is 146 Å². The van der Waals surface area contributed by atoms with Gasteiger partial charge in [0.15, 0.2) is 11.5 Å². The van der Waals surface area contributed by atoms with Gasteiger partial charge in [0.25, 0.3) is 5.91 Å². The average molecular weight is 339 g/mol. The average Bonchev–Trinajstić information content (AvgIpc) is 3.15. The topological polar surface area (TPSA) is 56.8 Å². The summed E-state index contributed by atoms with van der Waals surface area (Å²) in [6.45, 7) is 1.07. The van der Waals surface area contributed by atoms with Gasteiger partial charge in [-0.25, -0.2) is 0 Å². The van der Waals surface area contributed by atoms with E-state index in [1.54, 1.807) is 18.2 Å². The number of anilines is 1. The minimum Gasteiger partial charge on any atom is -0.490 e. The minimum absolute atomic E-state index is 0.163. The Kier molecular flexibility index (Phi) is 4.46. The molecule has 1 fully saturated rings. The molecule has 25 heavy (non-hydrogen) atoms. The molecule has 0 radical (unpaired) electrons. The third kappa shape index (κ3) is 3.71. The molecule has 0 spiro atoms. The van der Waals surface area contributed by atoms with Crippen molar-refractivity contribution in [1.29, 1.82) is 0 Å². The van der Waals surface area contributed by atoms with Crippen LogP contribution in [0.5, 0.6) is 17.2 Å². The molecular weight excluding hydrogens is 318 g/mol. The van der Waals surface area contributed by atoms with Gasteiger partial charge in [0, 0.05) is 17.3 Å². The molecule has 0 saturated heterocycles. The molecule has 0 unspecified atom stereocenters. The van der Waals surface area contributed by atoms with E-state index in [4.69, 9.17) is 14.2 Å². The Balaban J connectivity index is 1.40. The molecule has 4 rings (SSSR count). The molecule has 2 aromatic carbocycles. The number of benzene rings is 2. The number of carbonyl (C=O) groups is 1. The largest absolute Gasteiger partial charge is 0.490 e. The van der Waals surface area contributed by atoms with Crippen molar-refractivity contribution >= 4 is 11.6 Å². The molecule has 1 aliphatic heterocycles. The fourth-order valence-corrected chi connectivity index (χ4v) is 3.21. The highest BCUT2D eigenvalue weighted by atomic mass is 16.6. The Morgan fingerprint density at radius 2 is 1.68 bits per heavy atom. The Hall–Kier alpha value is -2.69. The first kappa shape index (κ1) is 15.8. The van der Waals surface area contributed by atoms with E-state index in [0.717, 1.165) is 18.6 Å². The standard InChI is InChI=1S/C20H21NO4/c22-20(21-15-7-10-18-19(13-15)24-12-11-23-18)14-5-8-17(9-6-14)25-16-3-1-2-4-16/h5-10,13,16H,1-4,11-12H2,(H,21,22). The molecule has 0 bridgehead atoms. The lowest BCUT2D eigenvalue weighted by molar-refractivity contribution is 0.102. The van der Waals surface area contributed by atoms with Crippen LogP contribution in [0.15, 0.2) is 42.5 Å². The van der Waals surface area contributed by atoms with Crippen molar-refractivity contribution in [3.8, 4) is 17.2 Å². The number of rotatable bonds is 4. The number of carbonyl (C=O) groups excluding carboxylic acids is 1. The molecule has 0 atom stereocenters. The Bertz CT molecular complexity index is 751. The second kappa shape index (κ2) is 7.05. The number of amides is 1. The van der Waals surface area contributed by atoms with Crippen LogP contribution in [0.1, 0.15) is 36.0 Å². The summed E-state index contributed by atoms with van der Waals surface area (Å²) >= 11 is 0. The highest BCUT2D eigenvalue weighted by Crippen LogP contribution is 2.32. The highest BCUT2D eigenvalue weighted by Gasteiger charge is 2.17. The normalized spacial score (nSPS) is 16.5. The lowest BCUT2D eigenvalue weighted by atomic mass is 10.2. The Morgan fingerprint density at radius 1 is 0.960 bits per heavy atom. The Morgan fingerprint density at radius 3 is 2.44 bits per heavy atom. The SMILES string of the molecule is O=C(Nc1ccc2c(c1)OCCO2)c1ccc(OC2CCCC2)cc1. The lowest BCUT2D eigenvalue weighted by Gasteiger charge is -2.19. The molecule has 1 amide bonds. The van der Waals surface area contributed by atoms with E-state index < -0.39 is 0 Å². The molecule has 5 nitrogen and oxygen atoms in total. The van der Waals surface area contributed by atoms with Crippen LogP contribution >= 0.6 is 0 Å². The van der Waals surface area contributed by atoms with Crippen molar-refractivity contribution in [3.63, 3.8) is 0 Å². The van der Waals surface area contributed by atoms with Gasteiger partial charge in [0.1, 0.15) is 19.0 Å². The van der Waals surface area contributed by atoms with E-state index in [1.165, 1.54) is 12.8 Å². The van der Waals surface area contributed by atoms with Crippen LogP contribution < -0.4 is 19.5 Å².